The second-order valence-electron chi connectivity index (χ2n) is 6.25. The molecule has 0 saturated carbocycles. The minimum atomic E-state index is -0.214. The van der Waals surface area contributed by atoms with Gasteiger partial charge in [-0.05, 0) is 49.6 Å². The van der Waals surface area contributed by atoms with Crippen LogP contribution in [0.15, 0.2) is 18.2 Å². The average Bonchev–Trinajstić information content (AvgIpc) is 2.64. The molecule has 1 fully saturated rings. The van der Waals surface area contributed by atoms with Gasteiger partial charge in [-0.1, -0.05) is 31.9 Å². The average molecular weight is 313 g/mol. The van der Waals surface area contributed by atoms with Crippen molar-refractivity contribution in [3.05, 3.63) is 34.6 Å². The summed E-state index contributed by atoms with van der Waals surface area (Å²) in [6.45, 7) is 9.52. The molecule has 0 aromatic heterocycles. The first-order valence-corrected chi connectivity index (χ1v) is 8.30. The number of hydrogen-bond donors (Lipinski definition) is 1. The van der Waals surface area contributed by atoms with E-state index in [1.54, 1.807) is 12.1 Å². The van der Waals surface area contributed by atoms with Crippen LogP contribution in [0, 0.1) is 11.7 Å². The van der Waals surface area contributed by atoms with Gasteiger partial charge in [0, 0.05) is 30.2 Å². The molecule has 1 aliphatic heterocycles. The lowest BCUT2D eigenvalue weighted by Gasteiger charge is -2.31. The monoisotopic (exact) mass is 312 g/mol. The van der Waals surface area contributed by atoms with Crippen LogP contribution in [-0.2, 0) is 6.54 Å². The van der Waals surface area contributed by atoms with Gasteiger partial charge in [0.25, 0.3) is 0 Å². The lowest BCUT2D eigenvalue weighted by Crippen LogP contribution is -2.43. The maximum Gasteiger partial charge on any atom is 0.123 e. The van der Waals surface area contributed by atoms with Crippen molar-refractivity contribution in [1.82, 2.24) is 10.2 Å². The summed E-state index contributed by atoms with van der Waals surface area (Å²) >= 11 is 6.22. The first kappa shape index (κ1) is 16.7. The highest BCUT2D eigenvalue weighted by molar-refractivity contribution is 6.31. The molecule has 21 heavy (non-hydrogen) atoms. The second-order valence-corrected chi connectivity index (χ2v) is 6.66. The van der Waals surface area contributed by atoms with Gasteiger partial charge in [-0.15, -0.1) is 0 Å². The van der Waals surface area contributed by atoms with E-state index in [0.717, 1.165) is 25.1 Å². The molecule has 0 aliphatic carbocycles. The zero-order valence-corrected chi connectivity index (χ0v) is 14.0. The van der Waals surface area contributed by atoms with Gasteiger partial charge in [-0.2, -0.15) is 0 Å². The van der Waals surface area contributed by atoms with Gasteiger partial charge in [0.05, 0.1) is 0 Å². The van der Waals surface area contributed by atoms with E-state index in [2.05, 4.69) is 31.0 Å². The van der Waals surface area contributed by atoms with Crippen molar-refractivity contribution in [2.45, 2.75) is 52.2 Å². The second kappa shape index (κ2) is 7.57. The summed E-state index contributed by atoms with van der Waals surface area (Å²) in [5, 5.41) is 4.31. The van der Waals surface area contributed by atoms with Crippen LogP contribution in [-0.4, -0.2) is 30.1 Å². The highest BCUT2D eigenvalue weighted by Crippen LogP contribution is 2.23. The summed E-state index contributed by atoms with van der Waals surface area (Å²) in [7, 11) is 0. The highest BCUT2D eigenvalue weighted by atomic mass is 35.5. The Kier molecular flexibility index (Phi) is 6.03. The van der Waals surface area contributed by atoms with Crippen LogP contribution < -0.4 is 5.32 Å². The fourth-order valence-electron chi connectivity index (χ4n) is 2.93. The van der Waals surface area contributed by atoms with Crippen LogP contribution in [0.3, 0.4) is 0 Å². The third-order valence-corrected chi connectivity index (χ3v) is 5.10. The molecule has 0 bridgehead atoms. The Labute approximate surface area is 132 Å². The zero-order chi connectivity index (χ0) is 15.4. The molecule has 4 heteroatoms. The van der Waals surface area contributed by atoms with Gasteiger partial charge < -0.3 is 5.32 Å². The van der Waals surface area contributed by atoms with Crippen molar-refractivity contribution in [2.24, 2.45) is 5.92 Å². The van der Waals surface area contributed by atoms with E-state index in [1.165, 1.54) is 12.5 Å². The largest absolute Gasteiger partial charge is 0.312 e. The molecule has 1 aromatic rings. The molecule has 0 spiro atoms. The maximum absolute atomic E-state index is 13.4. The molecule has 3 unspecified atom stereocenters. The highest BCUT2D eigenvalue weighted by Gasteiger charge is 2.26. The SMILES string of the molecule is CCC(C)C1CN(Cc2cc(F)ccc2Cl)C(C)CCN1. The molecule has 1 N–H and O–H groups in total. The van der Waals surface area contributed by atoms with E-state index in [-0.39, 0.29) is 5.82 Å². The smallest absolute Gasteiger partial charge is 0.123 e. The lowest BCUT2D eigenvalue weighted by atomic mass is 9.98. The Morgan fingerprint density at radius 2 is 2.24 bits per heavy atom. The Hall–Kier alpha value is -0.640. The van der Waals surface area contributed by atoms with Gasteiger partial charge in [0.2, 0.25) is 0 Å². The number of halogens is 2. The molecule has 3 atom stereocenters. The normalized spacial score (nSPS) is 25.6. The molecule has 1 aliphatic rings. The molecule has 1 saturated heterocycles. The first-order valence-electron chi connectivity index (χ1n) is 7.92. The Morgan fingerprint density at radius 3 is 2.95 bits per heavy atom. The first-order chi connectivity index (χ1) is 10.0. The van der Waals surface area contributed by atoms with E-state index in [0.29, 0.717) is 29.6 Å². The van der Waals surface area contributed by atoms with Crippen molar-refractivity contribution >= 4 is 11.6 Å². The van der Waals surface area contributed by atoms with Crippen molar-refractivity contribution in [3.63, 3.8) is 0 Å². The number of hydrogen-bond acceptors (Lipinski definition) is 2. The summed E-state index contributed by atoms with van der Waals surface area (Å²) < 4.78 is 13.4. The van der Waals surface area contributed by atoms with E-state index >= 15 is 0 Å². The van der Waals surface area contributed by atoms with E-state index < -0.39 is 0 Å². The van der Waals surface area contributed by atoms with E-state index in [4.69, 9.17) is 11.6 Å². The Balaban J connectivity index is 2.13. The van der Waals surface area contributed by atoms with Gasteiger partial charge >= 0.3 is 0 Å². The quantitative estimate of drug-likeness (QED) is 0.901. The van der Waals surface area contributed by atoms with Crippen molar-refractivity contribution < 1.29 is 4.39 Å². The van der Waals surface area contributed by atoms with Crippen molar-refractivity contribution in [2.75, 3.05) is 13.1 Å². The van der Waals surface area contributed by atoms with Crippen LogP contribution in [0.1, 0.15) is 39.2 Å². The predicted molar refractivity (Wildman–Crippen MR) is 87.1 cm³/mol. The summed E-state index contributed by atoms with van der Waals surface area (Å²) in [5.74, 6) is 0.425. The molecule has 0 radical (unpaired) electrons. The van der Waals surface area contributed by atoms with Crippen molar-refractivity contribution in [3.8, 4) is 0 Å². The predicted octanol–water partition coefficient (Wildman–Crippen LogP) is 4.08. The fourth-order valence-corrected chi connectivity index (χ4v) is 3.10. The van der Waals surface area contributed by atoms with Gasteiger partial charge in [-0.25, -0.2) is 4.39 Å². The summed E-state index contributed by atoms with van der Waals surface area (Å²) in [4.78, 5) is 2.43. The zero-order valence-electron chi connectivity index (χ0n) is 13.2. The molecule has 2 nitrogen and oxygen atoms in total. The Bertz CT molecular complexity index is 466. The summed E-state index contributed by atoms with van der Waals surface area (Å²) in [5.41, 5.74) is 0.883. The Morgan fingerprint density at radius 1 is 1.48 bits per heavy atom. The van der Waals surface area contributed by atoms with Gasteiger partial charge in [-0.3, -0.25) is 4.90 Å². The molecular weight excluding hydrogens is 287 g/mol. The molecule has 118 valence electrons. The lowest BCUT2D eigenvalue weighted by molar-refractivity contribution is 0.180. The number of rotatable bonds is 4. The van der Waals surface area contributed by atoms with Crippen LogP contribution >= 0.6 is 11.6 Å². The minimum absolute atomic E-state index is 0.214. The molecule has 1 aromatic carbocycles. The third-order valence-electron chi connectivity index (χ3n) is 4.74. The summed E-state index contributed by atoms with van der Waals surface area (Å²) in [6, 6.07) is 5.60. The standard InChI is InChI=1S/C17H26ClFN2/c1-4-12(2)17-11-21(13(3)7-8-20-17)10-14-9-15(19)5-6-16(14)18/h5-6,9,12-13,17,20H,4,7-8,10-11H2,1-3H3. The van der Waals surface area contributed by atoms with Gasteiger partial charge in [0.1, 0.15) is 5.82 Å². The summed E-state index contributed by atoms with van der Waals surface area (Å²) in [6.07, 6.45) is 2.28. The van der Waals surface area contributed by atoms with Crippen LogP contribution in [0.25, 0.3) is 0 Å². The number of benzene rings is 1. The van der Waals surface area contributed by atoms with Crippen LogP contribution in [0.2, 0.25) is 5.02 Å². The number of nitrogens with zero attached hydrogens (tertiary/aromatic N) is 1. The van der Waals surface area contributed by atoms with E-state index in [1.807, 2.05) is 0 Å². The molecular formula is C17H26ClFN2. The van der Waals surface area contributed by atoms with Crippen LogP contribution in [0.5, 0.6) is 0 Å². The fraction of sp³-hybridized carbons (Fsp3) is 0.647. The molecule has 0 amide bonds. The molecule has 2 rings (SSSR count). The topological polar surface area (TPSA) is 15.3 Å². The van der Waals surface area contributed by atoms with Gasteiger partial charge in [0.15, 0.2) is 0 Å². The molecule has 1 heterocycles. The minimum Gasteiger partial charge on any atom is -0.312 e. The van der Waals surface area contributed by atoms with Crippen molar-refractivity contribution in [1.29, 1.82) is 0 Å². The maximum atomic E-state index is 13.4. The van der Waals surface area contributed by atoms with E-state index in [9.17, 15) is 4.39 Å². The third kappa shape index (κ3) is 4.41. The number of nitrogens with one attached hydrogen (secondary N) is 1. The van der Waals surface area contributed by atoms with Crippen LogP contribution in [0.4, 0.5) is 4.39 Å².